The van der Waals surface area contributed by atoms with Crippen molar-refractivity contribution < 1.29 is 23.7 Å². The van der Waals surface area contributed by atoms with Crippen molar-refractivity contribution >= 4 is 43.6 Å². The smallest absolute Gasteiger partial charge is 0.0718 e. The number of hydrogen-bond donors (Lipinski definition) is 0. The first-order chi connectivity index (χ1) is 22.9. The molecular weight excluding hydrogens is 576 g/mol. The van der Waals surface area contributed by atoms with E-state index in [1.165, 1.54) is 54.7 Å². The van der Waals surface area contributed by atoms with Gasteiger partial charge in [-0.05, 0) is 66.8 Å². The van der Waals surface area contributed by atoms with Gasteiger partial charge in [0.15, 0.2) is 0 Å². The molecule has 46 heavy (non-hydrogen) atoms. The van der Waals surface area contributed by atoms with Crippen LogP contribution < -0.4 is 0 Å². The van der Waals surface area contributed by atoms with E-state index in [9.17, 15) is 0 Å². The number of benzene rings is 4. The normalized spacial score (nSPS) is 17.6. The van der Waals surface area contributed by atoms with Gasteiger partial charge < -0.3 is 32.8 Å². The first kappa shape index (κ1) is 30.9. The van der Waals surface area contributed by atoms with Crippen molar-refractivity contribution in [3.05, 3.63) is 96.1 Å². The highest BCUT2D eigenvalue weighted by Gasteiger charge is 2.13. The zero-order valence-corrected chi connectivity index (χ0v) is 26.6. The van der Waals surface area contributed by atoms with Crippen molar-refractivity contribution in [2.24, 2.45) is 0 Å². The molecule has 0 fully saturated rings. The standard InChI is InChI=1S/C39H44N2O5/c1-6-16-40-36-10-4-2-8-32(36)34-26-30(12-14-38(34)40)28-45-24-22-43-20-18-42-19-21-44-23-25-46-29-31-13-15-39-35(27-31)33-9-3-5-11-37(33)41(39)17-7-1/h2-5,8-15,26-27H,1,6-7,16-25,28-29H2. The quantitative estimate of drug-likeness (QED) is 0.173. The van der Waals surface area contributed by atoms with Crippen LogP contribution in [0.1, 0.15) is 30.4 Å². The highest BCUT2D eigenvalue weighted by atomic mass is 16.6. The third-order valence-electron chi connectivity index (χ3n) is 8.96. The largest absolute Gasteiger partial charge is 0.377 e. The van der Waals surface area contributed by atoms with Crippen LogP contribution in [-0.2, 0) is 50.0 Å². The summed E-state index contributed by atoms with van der Waals surface area (Å²) in [6.07, 6.45) is 3.42. The predicted octanol–water partition coefficient (Wildman–Crippen LogP) is 7.87. The van der Waals surface area contributed by atoms with Gasteiger partial charge in [-0.15, -0.1) is 0 Å². The Labute approximate surface area is 270 Å². The Morgan fingerprint density at radius 2 is 0.761 bits per heavy atom. The van der Waals surface area contributed by atoms with Crippen molar-refractivity contribution in [1.29, 1.82) is 0 Å². The Morgan fingerprint density at radius 1 is 0.370 bits per heavy atom. The molecule has 6 aromatic rings. The summed E-state index contributed by atoms with van der Waals surface area (Å²) in [5.74, 6) is 0. The van der Waals surface area contributed by atoms with Gasteiger partial charge in [0.2, 0.25) is 0 Å². The third-order valence-corrected chi connectivity index (χ3v) is 8.96. The average molecular weight is 621 g/mol. The molecule has 9 rings (SSSR count). The van der Waals surface area contributed by atoms with Crippen LogP contribution in [0.5, 0.6) is 0 Å². The molecule has 0 amide bonds. The van der Waals surface area contributed by atoms with E-state index in [1.807, 2.05) is 0 Å². The summed E-state index contributed by atoms with van der Waals surface area (Å²) in [4.78, 5) is 0. The summed E-state index contributed by atoms with van der Waals surface area (Å²) in [5, 5.41) is 5.20. The lowest BCUT2D eigenvalue weighted by atomic mass is 10.1. The average Bonchev–Trinajstić information content (AvgIpc) is 3.57. The van der Waals surface area contributed by atoms with E-state index in [2.05, 4.69) is 94.1 Å². The molecule has 0 atom stereocenters. The lowest BCUT2D eigenvalue weighted by molar-refractivity contribution is -0.0137. The van der Waals surface area contributed by atoms with Crippen molar-refractivity contribution in [3.8, 4) is 0 Å². The van der Waals surface area contributed by atoms with Crippen LogP contribution in [0.15, 0.2) is 84.9 Å². The molecule has 2 aromatic heterocycles. The number of ether oxygens (including phenoxy) is 5. The lowest BCUT2D eigenvalue weighted by Gasteiger charge is -2.11. The summed E-state index contributed by atoms with van der Waals surface area (Å²) in [6.45, 7) is 7.51. The number of aryl methyl sites for hydroxylation is 2. The number of nitrogens with zero attached hydrogens (tertiary/aromatic N) is 2. The Hall–Kier alpha value is -3.72. The molecule has 3 aliphatic rings. The zero-order valence-electron chi connectivity index (χ0n) is 26.6. The molecule has 7 heteroatoms. The second-order valence-corrected chi connectivity index (χ2v) is 12.0. The Balaban J connectivity index is 1.09. The van der Waals surface area contributed by atoms with Gasteiger partial charge in [0.1, 0.15) is 0 Å². The highest BCUT2D eigenvalue weighted by Crippen LogP contribution is 2.32. The monoisotopic (exact) mass is 620 g/mol. The van der Waals surface area contributed by atoms with Crippen LogP contribution in [-0.4, -0.2) is 62.0 Å². The van der Waals surface area contributed by atoms with Crippen LogP contribution in [0.4, 0.5) is 0 Å². The molecule has 0 radical (unpaired) electrons. The molecule has 7 nitrogen and oxygen atoms in total. The molecule has 0 aliphatic carbocycles. The van der Waals surface area contributed by atoms with E-state index in [0.717, 1.165) is 32.4 Å². The molecule has 8 bridgehead atoms. The second-order valence-electron chi connectivity index (χ2n) is 12.0. The number of fused-ring (bicyclic) bond motifs is 2. The molecule has 240 valence electrons. The van der Waals surface area contributed by atoms with Gasteiger partial charge in [-0.25, -0.2) is 0 Å². The van der Waals surface area contributed by atoms with E-state index in [1.54, 1.807) is 0 Å². The predicted molar refractivity (Wildman–Crippen MR) is 185 cm³/mol. The van der Waals surface area contributed by atoms with Crippen LogP contribution in [0, 0.1) is 0 Å². The summed E-state index contributed by atoms with van der Waals surface area (Å²) < 4.78 is 33.9. The summed E-state index contributed by atoms with van der Waals surface area (Å²) >= 11 is 0. The number of aromatic nitrogens is 2. The Kier molecular flexibility index (Phi) is 10.2. The zero-order chi connectivity index (χ0) is 31.0. The number of para-hydroxylation sites is 2. The van der Waals surface area contributed by atoms with Crippen molar-refractivity contribution in [2.75, 3.05) is 52.9 Å². The molecule has 3 aliphatic heterocycles. The maximum Gasteiger partial charge on any atom is 0.0718 e. The van der Waals surface area contributed by atoms with Gasteiger partial charge in [-0.3, -0.25) is 0 Å². The van der Waals surface area contributed by atoms with Crippen molar-refractivity contribution in [2.45, 2.75) is 45.6 Å². The van der Waals surface area contributed by atoms with Gasteiger partial charge >= 0.3 is 0 Å². The SMILES string of the molecule is c1ccc2c(c1)c1cc3ccc1n2CCCCCn1c2ccccc2c2cc(ccc21)COCCOCCOCCOCCOC3. The molecule has 0 spiro atoms. The second kappa shape index (κ2) is 15.2. The minimum atomic E-state index is 0.541. The number of rotatable bonds is 0. The Bertz CT molecular complexity index is 1750. The Morgan fingerprint density at radius 3 is 1.22 bits per heavy atom. The van der Waals surface area contributed by atoms with E-state index >= 15 is 0 Å². The minimum absolute atomic E-state index is 0.541. The van der Waals surface area contributed by atoms with Crippen LogP contribution in [0.25, 0.3) is 43.6 Å². The highest BCUT2D eigenvalue weighted by molar-refractivity contribution is 6.09. The summed E-state index contributed by atoms with van der Waals surface area (Å²) in [7, 11) is 0. The fourth-order valence-corrected chi connectivity index (χ4v) is 6.74. The molecule has 0 unspecified atom stereocenters. The molecule has 0 N–H and O–H groups in total. The molecular formula is C39H44N2O5. The van der Waals surface area contributed by atoms with E-state index in [-0.39, 0.29) is 0 Å². The first-order valence-corrected chi connectivity index (χ1v) is 16.8. The third kappa shape index (κ3) is 6.99. The fourth-order valence-electron chi connectivity index (χ4n) is 6.74. The molecule has 4 aromatic carbocycles. The lowest BCUT2D eigenvalue weighted by Crippen LogP contribution is -2.13. The van der Waals surface area contributed by atoms with Crippen LogP contribution >= 0.6 is 0 Å². The van der Waals surface area contributed by atoms with Gasteiger partial charge in [-0.2, -0.15) is 0 Å². The van der Waals surface area contributed by atoms with E-state index in [0.29, 0.717) is 66.1 Å². The van der Waals surface area contributed by atoms with E-state index < -0.39 is 0 Å². The van der Waals surface area contributed by atoms with Crippen molar-refractivity contribution in [3.63, 3.8) is 0 Å². The molecule has 0 saturated heterocycles. The van der Waals surface area contributed by atoms with Gasteiger partial charge in [-0.1, -0.05) is 48.5 Å². The van der Waals surface area contributed by atoms with Crippen molar-refractivity contribution in [1.82, 2.24) is 9.13 Å². The van der Waals surface area contributed by atoms with Gasteiger partial charge in [0, 0.05) is 56.7 Å². The maximum atomic E-state index is 5.95. The topological polar surface area (TPSA) is 56.0 Å². The maximum absolute atomic E-state index is 5.95. The molecule has 0 saturated carbocycles. The summed E-state index contributed by atoms with van der Waals surface area (Å²) in [6, 6.07) is 31.1. The minimum Gasteiger partial charge on any atom is -0.377 e. The summed E-state index contributed by atoms with van der Waals surface area (Å²) in [5.41, 5.74) is 7.55. The van der Waals surface area contributed by atoms with Crippen LogP contribution in [0.3, 0.4) is 0 Å². The van der Waals surface area contributed by atoms with E-state index in [4.69, 9.17) is 23.7 Å². The van der Waals surface area contributed by atoms with Crippen LogP contribution in [0.2, 0.25) is 0 Å². The van der Waals surface area contributed by atoms with Gasteiger partial charge in [0.05, 0.1) is 66.1 Å². The first-order valence-electron chi connectivity index (χ1n) is 16.8. The fraction of sp³-hybridized carbons (Fsp3) is 0.385. The van der Waals surface area contributed by atoms with Gasteiger partial charge in [0.25, 0.3) is 0 Å². The molecule has 5 heterocycles. The number of hydrogen-bond acceptors (Lipinski definition) is 5.